The average molecular weight is 312 g/mol. The van der Waals surface area contributed by atoms with Crippen LogP contribution in [0.2, 0.25) is 0 Å². The Balaban J connectivity index is 2.79. The lowest BCUT2D eigenvalue weighted by molar-refractivity contribution is -0.133. The molecule has 0 aliphatic rings. The van der Waals surface area contributed by atoms with Crippen molar-refractivity contribution in [2.75, 3.05) is 5.75 Å². The van der Waals surface area contributed by atoms with E-state index in [0.29, 0.717) is 0 Å². The molecule has 1 aromatic heterocycles. The van der Waals surface area contributed by atoms with Crippen LogP contribution in [0.5, 0.6) is 0 Å². The maximum absolute atomic E-state index is 10.8. The minimum absolute atomic E-state index is 0.0209. The summed E-state index contributed by atoms with van der Waals surface area (Å²) in [7, 11) is 0. The zero-order valence-corrected chi connectivity index (χ0v) is 14.7. The van der Waals surface area contributed by atoms with Gasteiger partial charge in [-0.1, -0.05) is 59.2 Å². The molecule has 4 nitrogen and oxygen atoms in total. The lowest BCUT2D eigenvalue weighted by Gasteiger charge is -2.22. The van der Waals surface area contributed by atoms with Crippen molar-refractivity contribution in [3.05, 3.63) is 11.9 Å². The Labute approximate surface area is 132 Å². The monoisotopic (exact) mass is 312 g/mol. The summed E-state index contributed by atoms with van der Waals surface area (Å²) in [6, 6.07) is 0. The molecule has 120 valence electrons. The van der Waals surface area contributed by atoms with Gasteiger partial charge in [0.1, 0.15) is 0 Å². The summed E-state index contributed by atoms with van der Waals surface area (Å²) in [5, 5.41) is 9.68. The molecule has 0 bridgehead atoms. The highest BCUT2D eigenvalue weighted by molar-refractivity contribution is 7.99. The molecule has 0 saturated carbocycles. The zero-order valence-electron chi connectivity index (χ0n) is 13.8. The maximum Gasteiger partial charge on any atom is 0.313 e. The van der Waals surface area contributed by atoms with Gasteiger partial charge in [0, 0.05) is 23.9 Å². The van der Waals surface area contributed by atoms with Crippen molar-refractivity contribution in [1.29, 1.82) is 0 Å². The van der Waals surface area contributed by atoms with E-state index >= 15 is 0 Å². The van der Waals surface area contributed by atoms with Crippen LogP contribution in [0.25, 0.3) is 0 Å². The van der Waals surface area contributed by atoms with Crippen molar-refractivity contribution in [2.45, 2.75) is 71.0 Å². The second-order valence-corrected chi connectivity index (χ2v) is 7.84. The van der Waals surface area contributed by atoms with Crippen LogP contribution in [0.1, 0.15) is 59.6 Å². The first kappa shape index (κ1) is 18.1. The van der Waals surface area contributed by atoms with Gasteiger partial charge in [0.05, 0.1) is 5.75 Å². The van der Waals surface area contributed by atoms with Gasteiger partial charge in [-0.3, -0.25) is 4.79 Å². The fourth-order valence-electron chi connectivity index (χ4n) is 2.24. The van der Waals surface area contributed by atoms with Crippen LogP contribution in [-0.4, -0.2) is 26.4 Å². The van der Waals surface area contributed by atoms with Crippen LogP contribution in [0.3, 0.4) is 0 Å². The molecule has 0 fully saturated rings. The van der Waals surface area contributed by atoms with Crippen LogP contribution < -0.4 is 0 Å². The van der Waals surface area contributed by atoms with E-state index in [0.717, 1.165) is 24.0 Å². The molecule has 0 spiro atoms. The van der Waals surface area contributed by atoms with E-state index < -0.39 is 5.97 Å². The van der Waals surface area contributed by atoms with Gasteiger partial charge in [0.25, 0.3) is 0 Å². The third kappa shape index (κ3) is 6.12. The van der Waals surface area contributed by atoms with Crippen molar-refractivity contribution in [1.82, 2.24) is 9.55 Å². The summed E-state index contributed by atoms with van der Waals surface area (Å²) in [6.07, 6.45) is 5.44. The second-order valence-electron chi connectivity index (χ2n) is 6.90. The summed E-state index contributed by atoms with van der Waals surface area (Å²) in [5.41, 5.74) is 1.20. The van der Waals surface area contributed by atoms with Gasteiger partial charge in [-0.2, -0.15) is 0 Å². The number of thioether (sulfide) groups is 1. The van der Waals surface area contributed by atoms with Crippen molar-refractivity contribution in [2.24, 2.45) is 5.92 Å². The maximum atomic E-state index is 10.8. The number of hydrogen-bond acceptors (Lipinski definition) is 3. The fraction of sp³-hybridized carbons (Fsp3) is 0.750. The van der Waals surface area contributed by atoms with Crippen LogP contribution in [-0.2, 0) is 16.8 Å². The van der Waals surface area contributed by atoms with Gasteiger partial charge in [-0.15, -0.1) is 0 Å². The van der Waals surface area contributed by atoms with E-state index in [1.165, 1.54) is 30.3 Å². The van der Waals surface area contributed by atoms with Gasteiger partial charge in [0.15, 0.2) is 5.16 Å². The SMILES string of the molecule is CC(C)CCCCn1c(C(C)(C)C)cnc1SCC(=O)O. The highest BCUT2D eigenvalue weighted by atomic mass is 32.2. The highest BCUT2D eigenvalue weighted by Crippen LogP contribution is 2.28. The van der Waals surface area contributed by atoms with E-state index in [1.54, 1.807) is 0 Å². The highest BCUT2D eigenvalue weighted by Gasteiger charge is 2.22. The molecular formula is C16H28N2O2S. The molecule has 0 saturated heterocycles. The van der Waals surface area contributed by atoms with Crippen LogP contribution in [0.15, 0.2) is 11.4 Å². The Morgan fingerprint density at radius 1 is 1.38 bits per heavy atom. The predicted molar refractivity (Wildman–Crippen MR) is 88.0 cm³/mol. The number of nitrogens with zero attached hydrogens (tertiary/aromatic N) is 2. The molecule has 1 N–H and O–H groups in total. The number of imidazole rings is 1. The Bertz CT molecular complexity index is 461. The van der Waals surface area contributed by atoms with E-state index in [1.807, 2.05) is 6.20 Å². The number of aliphatic carboxylic acids is 1. The minimum atomic E-state index is -0.799. The quantitative estimate of drug-likeness (QED) is 0.578. The summed E-state index contributed by atoms with van der Waals surface area (Å²) in [6.45, 7) is 11.9. The van der Waals surface area contributed by atoms with Crippen LogP contribution in [0.4, 0.5) is 0 Å². The molecule has 1 rings (SSSR count). The van der Waals surface area contributed by atoms with Crippen molar-refractivity contribution in [3.63, 3.8) is 0 Å². The fourth-order valence-corrected chi connectivity index (χ4v) is 2.96. The molecule has 0 unspecified atom stereocenters. The summed E-state index contributed by atoms with van der Waals surface area (Å²) >= 11 is 1.31. The summed E-state index contributed by atoms with van der Waals surface area (Å²) < 4.78 is 2.20. The number of aromatic nitrogens is 2. The third-order valence-electron chi connectivity index (χ3n) is 3.33. The van der Waals surface area contributed by atoms with Gasteiger partial charge in [0.2, 0.25) is 0 Å². The molecule has 0 radical (unpaired) electrons. The van der Waals surface area contributed by atoms with Crippen LogP contribution >= 0.6 is 11.8 Å². The molecule has 1 aromatic rings. The first-order chi connectivity index (χ1) is 9.71. The van der Waals surface area contributed by atoms with Crippen molar-refractivity contribution >= 4 is 17.7 Å². The Hall–Kier alpha value is -0.970. The van der Waals surface area contributed by atoms with Gasteiger partial charge >= 0.3 is 5.97 Å². The Kier molecular flexibility index (Phi) is 6.78. The summed E-state index contributed by atoms with van der Waals surface area (Å²) in [4.78, 5) is 15.2. The Morgan fingerprint density at radius 3 is 2.57 bits per heavy atom. The largest absolute Gasteiger partial charge is 0.481 e. The summed E-state index contributed by atoms with van der Waals surface area (Å²) in [5.74, 6) is -0.00513. The minimum Gasteiger partial charge on any atom is -0.481 e. The van der Waals surface area contributed by atoms with E-state index in [2.05, 4.69) is 44.2 Å². The molecule has 0 amide bonds. The van der Waals surface area contributed by atoms with Gasteiger partial charge in [-0.25, -0.2) is 4.98 Å². The molecule has 0 atom stereocenters. The number of carbonyl (C=O) groups is 1. The smallest absolute Gasteiger partial charge is 0.313 e. The lowest BCUT2D eigenvalue weighted by atomic mass is 9.92. The molecule has 0 aliphatic carbocycles. The van der Waals surface area contributed by atoms with Crippen LogP contribution in [0, 0.1) is 5.92 Å². The standard InChI is InChI=1S/C16H28N2O2S/c1-12(2)8-6-7-9-18-13(16(3,4)5)10-17-15(18)21-11-14(19)20/h10,12H,6-9,11H2,1-5H3,(H,19,20). The first-order valence-electron chi connectivity index (χ1n) is 7.62. The van der Waals surface area contributed by atoms with E-state index in [9.17, 15) is 4.79 Å². The molecule has 0 aromatic carbocycles. The van der Waals surface area contributed by atoms with Crippen molar-refractivity contribution < 1.29 is 9.90 Å². The third-order valence-corrected chi connectivity index (χ3v) is 4.30. The molecule has 5 heteroatoms. The molecule has 0 aliphatic heterocycles. The normalized spacial score (nSPS) is 12.1. The second kappa shape index (κ2) is 7.87. The number of unbranched alkanes of at least 4 members (excludes halogenated alkanes) is 1. The average Bonchev–Trinajstić information content (AvgIpc) is 2.74. The van der Waals surface area contributed by atoms with Gasteiger partial charge in [-0.05, 0) is 12.3 Å². The molecular weight excluding hydrogens is 284 g/mol. The zero-order chi connectivity index (χ0) is 16.0. The number of carboxylic acid groups (broad SMARTS) is 1. The first-order valence-corrected chi connectivity index (χ1v) is 8.61. The van der Waals surface area contributed by atoms with E-state index in [-0.39, 0.29) is 11.2 Å². The van der Waals surface area contributed by atoms with E-state index in [4.69, 9.17) is 5.11 Å². The molecule has 1 heterocycles. The number of hydrogen-bond donors (Lipinski definition) is 1. The lowest BCUT2D eigenvalue weighted by Crippen LogP contribution is -2.18. The number of rotatable bonds is 8. The molecule has 21 heavy (non-hydrogen) atoms. The predicted octanol–water partition coefficient (Wildman–Crippen LogP) is 4.18. The Morgan fingerprint density at radius 2 is 2.05 bits per heavy atom. The topological polar surface area (TPSA) is 55.1 Å². The van der Waals surface area contributed by atoms with Crippen molar-refractivity contribution in [3.8, 4) is 0 Å². The number of carboxylic acids is 1. The van der Waals surface area contributed by atoms with Gasteiger partial charge < -0.3 is 9.67 Å².